The van der Waals surface area contributed by atoms with E-state index in [0.717, 1.165) is 11.3 Å². The molecular formula is C14H21NO3S. The molecule has 1 aromatic rings. The number of methoxy groups -OCH3 is 1. The largest absolute Gasteiger partial charge is 0.464 e. The van der Waals surface area contributed by atoms with Gasteiger partial charge in [-0.25, -0.2) is 4.79 Å². The van der Waals surface area contributed by atoms with E-state index in [-0.39, 0.29) is 5.97 Å². The molecule has 1 atom stereocenters. The van der Waals surface area contributed by atoms with Crippen LogP contribution in [0.1, 0.15) is 12.5 Å². The van der Waals surface area contributed by atoms with Gasteiger partial charge in [-0.2, -0.15) is 11.8 Å². The van der Waals surface area contributed by atoms with Crippen LogP contribution in [0.3, 0.4) is 0 Å². The van der Waals surface area contributed by atoms with Gasteiger partial charge in [0, 0.05) is 18.6 Å². The lowest BCUT2D eigenvalue weighted by atomic mass is 9.93. The van der Waals surface area contributed by atoms with Crippen molar-refractivity contribution < 1.29 is 14.3 Å². The first-order chi connectivity index (χ1) is 9.15. The highest BCUT2D eigenvalue weighted by Gasteiger charge is 2.37. The average Bonchev–Trinajstić information content (AvgIpc) is 2.44. The summed E-state index contributed by atoms with van der Waals surface area (Å²) in [6.45, 7) is 2.74. The second kappa shape index (κ2) is 8.19. The van der Waals surface area contributed by atoms with Crippen molar-refractivity contribution >= 4 is 17.7 Å². The molecule has 0 aliphatic heterocycles. The number of hydrogen-bond acceptors (Lipinski definition) is 5. The Balaban J connectivity index is 2.81. The molecule has 2 N–H and O–H groups in total. The fraction of sp³-hybridized carbons (Fsp3) is 0.500. The number of benzene rings is 1. The molecule has 5 heteroatoms. The monoisotopic (exact) mass is 283 g/mol. The van der Waals surface area contributed by atoms with Gasteiger partial charge in [-0.15, -0.1) is 0 Å². The summed E-state index contributed by atoms with van der Waals surface area (Å²) in [5.41, 5.74) is 5.97. The van der Waals surface area contributed by atoms with Crippen molar-refractivity contribution in [2.45, 2.75) is 12.5 Å². The normalized spacial score (nSPS) is 13.8. The molecule has 0 saturated heterocycles. The molecule has 19 heavy (non-hydrogen) atoms. The van der Waals surface area contributed by atoms with E-state index in [9.17, 15) is 4.79 Å². The predicted octanol–water partition coefficient (Wildman–Crippen LogP) is 1.78. The van der Waals surface area contributed by atoms with E-state index in [1.165, 1.54) is 0 Å². The van der Waals surface area contributed by atoms with Gasteiger partial charge in [-0.1, -0.05) is 30.3 Å². The second-order valence-electron chi connectivity index (χ2n) is 4.10. The Morgan fingerprint density at radius 1 is 1.37 bits per heavy atom. The van der Waals surface area contributed by atoms with Crippen LogP contribution in [-0.4, -0.2) is 37.8 Å². The molecule has 106 valence electrons. The van der Waals surface area contributed by atoms with Crippen molar-refractivity contribution in [1.29, 1.82) is 0 Å². The van der Waals surface area contributed by atoms with E-state index < -0.39 is 5.54 Å². The molecule has 0 fully saturated rings. The summed E-state index contributed by atoms with van der Waals surface area (Å²) in [7, 11) is 1.65. The lowest BCUT2D eigenvalue weighted by Gasteiger charge is -2.27. The Hall–Kier alpha value is -1.04. The van der Waals surface area contributed by atoms with Gasteiger partial charge in [0.05, 0.1) is 13.2 Å². The average molecular weight is 283 g/mol. The minimum absolute atomic E-state index is 0.327. The number of thioether (sulfide) groups is 1. The lowest BCUT2D eigenvalue weighted by molar-refractivity contribution is -0.149. The Bertz CT molecular complexity index is 386. The summed E-state index contributed by atoms with van der Waals surface area (Å²) >= 11 is 1.58. The molecule has 0 amide bonds. The zero-order valence-corrected chi connectivity index (χ0v) is 12.2. The van der Waals surface area contributed by atoms with Crippen LogP contribution in [0.4, 0.5) is 0 Å². The molecule has 0 radical (unpaired) electrons. The summed E-state index contributed by atoms with van der Waals surface area (Å²) in [5.74, 6) is 0.882. The van der Waals surface area contributed by atoms with Gasteiger partial charge in [-0.3, -0.25) is 0 Å². The fourth-order valence-corrected chi connectivity index (χ4v) is 2.67. The van der Waals surface area contributed by atoms with Gasteiger partial charge in [0.25, 0.3) is 0 Å². The van der Waals surface area contributed by atoms with Crippen LogP contribution in [0.15, 0.2) is 30.3 Å². The standard InChI is InChI=1S/C14H21NO3S/c1-3-18-13(16)14(15,11-19-10-9-17-2)12-7-5-4-6-8-12/h4-8H,3,9-11,15H2,1-2H3. The van der Waals surface area contributed by atoms with Crippen LogP contribution in [0.2, 0.25) is 0 Å². The van der Waals surface area contributed by atoms with Crippen LogP contribution in [0.5, 0.6) is 0 Å². The number of esters is 1. The molecule has 1 rings (SSSR count). The van der Waals surface area contributed by atoms with Crippen LogP contribution >= 0.6 is 11.8 Å². The molecule has 0 saturated carbocycles. The highest BCUT2D eigenvalue weighted by Crippen LogP contribution is 2.24. The fourth-order valence-electron chi connectivity index (χ4n) is 1.63. The Kier molecular flexibility index (Phi) is 6.91. The summed E-state index contributed by atoms with van der Waals surface area (Å²) in [5, 5.41) is 0. The van der Waals surface area contributed by atoms with Crippen molar-refractivity contribution in [2.24, 2.45) is 5.73 Å². The third-order valence-corrected chi connectivity index (χ3v) is 3.80. The third kappa shape index (κ3) is 4.53. The molecule has 0 aliphatic carbocycles. The molecule has 4 nitrogen and oxygen atoms in total. The van der Waals surface area contributed by atoms with Gasteiger partial charge >= 0.3 is 5.97 Å². The maximum Gasteiger partial charge on any atom is 0.331 e. The molecule has 0 aliphatic rings. The van der Waals surface area contributed by atoms with Crippen molar-refractivity contribution in [3.05, 3.63) is 35.9 Å². The van der Waals surface area contributed by atoms with Gasteiger partial charge in [-0.05, 0) is 12.5 Å². The Labute approximate surface area is 118 Å². The molecular weight excluding hydrogens is 262 g/mol. The number of carbonyl (C=O) groups is 1. The minimum atomic E-state index is -1.10. The van der Waals surface area contributed by atoms with Crippen LogP contribution < -0.4 is 5.73 Å². The zero-order valence-electron chi connectivity index (χ0n) is 11.4. The van der Waals surface area contributed by atoms with Crippen LogP contribution in [0, 0.1) is 0 Å². The maximum atomic E-state index is 12.1. The van der Waals surface area contributed by atoms with Crippen molar-refractivity contribution in [2.75, 3.05) is 31.8 Å². The zero-order chi connectivity index (χ0) is 14.1. The second-order valence-corrected chi connectivity index (χ2v) is 5.21. The summed E-state index contributed by atoms with van der Waals surface area (Å²) in [6, 6.07) is 9.35. The van der Waals surface area contributed by atoms with Crippen LogP contribution in [-0.2, 0) is 19.8 Å². The van der Waals surface area contributed by atoms with Crippen molar-refractivity contribution in [1.82, 2.24) is 0 Å². The molecule has 0 aromatic heterocycles. The van der Waals surface area contributed by atoms with E-state index in [1.54, 1.807) is 25.8 Å². The number of ether oxygens (including phenoxy) is 2. The van der Waals surface area contributed by atoms with E-state index >= 15 is 0 Å². The molecule has 0 heterocycles. The van der Waals surface area contributed by atoms with E-state index in [0.29, 0.717) is 19.0 Å². The molecule has 0 spiro atoms. The number of carbonyl (C=O) groups excluding carboxylic acids is 1. The van der Waals surface area contributed by atoms with E-state index in [4.69, 9.17) is 15.2 Å². The Morgan fingerprint density at radius 3 is 2.63 bits per heavy atom. The third-order valence-electron chi connectivity index (χ3n) is 2.69. The number of hydrogen-bond donors (Lipinski definition) is 1. The minimum Gasteiger partial charge on any atom is -0.464 e. The van der Waals surface area contributed by atoms with Gasteiger partial charge in [0.2, 0.25) is 0 Å². The van der Waals surface area contributed by atoms with Gasteiger partial charge in [0.15, 0.2) is 0 Å². The number of nitrogens with two attached hydrogens (primary N) is 1. The summed E-state index contributed by atoms with van der Waals surface area (Å²) in [4.78, 5) is 12.1. The quantitative estimate of drug-likeness (QED) is 0.582. The summed E-state index contributed by atoms with van der Waals surface area (Å²) in [6.07, 6.45) is 0. The molecule has 0 bridgehead atoms. The van der Waals surface area contributed by atoms with Gasteiger partial charge < -0.3 is 15.2 Å². The molecule has 1 unspecified atom stereocenters. The van der Waals surface area contributed by atoms with E-state index in [1.807, 2.05) is 30.3 Å². The van der Waals surface area contributed by atoms with Crippen molar-refractivity contribution in [3.63, 3.8) is 0 Å². The summed E-state index contributed by atoms with van der Waals surface area (Å²) < 4.78 is 10.1. The smallest absolute Gasteiger partial charge is 0.331 e. The Morgan fingerprint density at radius 2 is 2.05 bits per heavy atom. The highest BCUT2D eigenvalue weighted by molar-refractivity contribution is 7.99. The van der Waals surface area contributed by atoms with E-state index in [2.05, 4.69) is 0 Å². The lowest BCUT2D eigenvalue weighted by Crippen LogP contribution is -2.48. The first-order valence-electron chi connectivity index (χ1n) is 6.23. The first-order valence-corrected chi connectivity index (χ1v) is 7.39. The van der Waals surface area contributed by atoms with Gasteiger partial charge in [0.1, 0.15) is 5.54 Å². The first kappa shape index (κ1) is 16.0. The van der Waals surface area contributed by atoms with Crippen LogP contribution in [0.25, 0.3) is 0 Å². The highest BCUT2D eigenvalue weighted by atomic mass is 32.2. The molecule has 1 aromatic carbocycles. The number of rotatable bonds is 8. The maximum absolute atomic E-state index is 12.1. The van der Waals surface area contributed by atoms with Crippen molar-refractivity contribution in [3.8, 4) is 0 Å². The topological polar surface area (TPSA) is 61.5 Å². The SMILES string of the molecule is CCOC(=O)C(N)(CSCCOC)c1ccccc1. The predicted molar refractivity (Wildman–Crippen MR) is 78.1 cm³/mol.